The molecule has 116 valence electrons. The van der Waals surface area contributed by atoms with Crippen molar-refractivity contribution < 1.29 is 23.5 Å². The molecule has 0 aliphatic rings. The highest BCUT2D eigenvalue weighted by molar-refractivity contribution is 6.39. The van der Waals surface area contributed by atoms with Gasteiger partial charge >= 0.3 is 11.8 Å². The number of carbonyl (C=O) groups excluding carboxylic acids is 2. The highest BCUT2D eigenvalue weighted by Crippen LogP contribution is 2.17. The van der Waals surface area contributed by atoms with Crippen LogP contribution in [0.3, 0.4) is 0 Å². The van der Waals surface area contributed by atoms with Crippen LogP contribution >= 0.6 is 0 Å². The Morgan fingerprint density at radius 3 is 2.24 bits per heavy atom. The Morgan fingerprint density at radius 2 is 1.76 bits per heavy atom. The summed E-state index contributed by atoms with van der Waals surface area (Å²) in [4.78, 5) is 23.3. The van der Waals surface area contributed by atoms with Gasteiger partial charge in [-0.15, -0.1) is 0 Å². The maximum absolute atomic E-state index is 13.3. The quantitative estimate of drug-likeness (QED) is 0.720. The third-order valence-corrected chi connectivity index (χ3v) is 2.72. The molecule has 0 saturated heterocycles. The standard InChI is InChI=1S/C14H18F2N2O3/c1-8(2)6-9(7-19)17-13(20)14(21)18-12-10(15)4-3-5-11(12)16/h3-5,8-9,19H,6-7H2,1-2H3,(H,17,20)(H,18,21). The summed E-state index contributed by atoms with van der Waals surface area (Å²) in [6, 6.07) is 2.48. The van der Waals surface area contributed by atoms with E-state index in [-0.39, 0.29) is 12.5 Å². The molecule has 0 saturated carbocycles. The Bertz CT molecular complexity index is 501. The minimum Gasteiger partial charge on any atom is -0.394 e. The van der Waals surface area contributed by atoms with Gasteiger partial charge in [0.2, 0.25) is 0 Å². The summed E-state index contributed by atoms with van der Waals surface area (Å²) in [7, 11) is 0. The van der Waals surface area contributed by atoms with Gasteiger partial charge in [0.15, 0.2) is 0 Å². The fourth-order valence-electron chi connectivity index (χ4n) is 1.79. The van der Waals surface area contributed by atoms with Crippen LogP contribution in [0.1, 0.15) is 20.3 Å². The molecular formula is C14H18F2N2O3. The Balaban J connectivity index is 2.69. The Morgan fingerprint density at radius 1 is 1.19 bits per heavy atom. The van der Waals surface area contributed by atoms with Gasteiger partial charge in [-0.3, -0.25) is 9.59 Å². The van der Waals surface area contributed by atoms with Gasteiger partial charge in [0, 0.05) is 0 Å². The molecule has 0 spiro atoms. The zero-order valence-electron chi connectivity index (χ0n) is 11.8. The summed E-state index contributed by atoms with van der Waals surface area (Å²) < 4.78 is 26.7. The van der Waals surface area contributed by atoms with Gasteiger partial charge in [0.1, 0.15) is 17.3 Å². The fraction of sp³-hybridized carbons (Fsp3) is 0.429. The SMILES string of the molecule is CC(C)CC(CO)NC(=O)C(=O)Nc1c(F)cccc1F. The predicted octanol–water partition coefficient (Wildman–Crippen LogP) is 1.43. The molecule has 1 unspecified atom stereocenters. The minimum atomic E-state index is -1.19. The first kappa shape index (κ1) is 17.0. The van der Waals surface area contributed by atoms with Crippen molar-refractivity contribution in [3.8, 4) is 0 Å². The van der Waals surface area contributed by atoms with E-state index in [0.29, 0.717) is 6.42 Å². The number of nitrogens with one attached hydrogen (secondary N) is 2. The fourth-order valence-corrected chi connectivity index (χ4v) is 1.79. The van der Waals surface area contributed by atoms with Gasteiger partial charge in [0.25, 0.3) is 0 Å². The molecular weight excluding hydrogens is 282 g/mol. The average Bonchev–Trinajstić information content (AvgIpc) is 2.41. The summed E-state index contributed by atoms with van der Waals surface area (Å²) in [6.45, 7) is 3.46. The molecule has 21 heavy (non-hydrogen) atoms. The van der Waals surface area contributed by atoms with Gasteiger partial charge in [-0.25, -0.2) is 8.78 Å². The van der Waals surface area contributed by atoms with Gasteiger partial charge in [0.05, 0.1) is 12.6 Å². The number of carbonyl (C=O) groups is 2. The normalized spacial score (nSPS) is 12.1. The average molecular weight is 300 g/mol. The van der Waals surface area contributed by atoms with E-state index in [1.807, 2.05) is 19.2 Å². The van der Waals surface area contributed by atoms with Crippen LogP contribution < -0.4 is 10.6 Å². The molecule has 3 N–H and O–H groups in total. The lowest BCUT2D eigenvalue weighted by Gasteiger charge is -2.18. The number of hydrogen-bond donors (Lipinski definition) is 3. The first-order valence-corrected chi connectivity index (χ1v) is 6.51. The molecule has 7 heteroatoms. The van der Waals surface area contributed by atoms with Crippen LogP contribution in [0.2, 0.25) is 0 Å². The number of amides is 2. The van der Waals surface area contributed by atoms with E-state index in [9.17, 15) is 18.4 Å². The van der Waals surface area contributed by atoms with Gasteiger partial charge in [-0.1, -0.05) is 19.9 Å². The highest BCUT2D eigenvalue weighted by Gasteiger charge is 2.21. The number of aliphatic hydroxyl groups excluding tert-OH is 1. The maximum Gasteiger partial charge on any atom is 0.313 e. The molecule has 0 bridgehead atoms. The number of halogens is 2. The third kappa shape index (κ3) is 5.11. The zero-order valence-corrected chi connectivity index (χ0v) is 11.8. The predicted molar refractivity (Wildman–Crippen MR) is 73.5 cm³/mol. The van der Waals surface area contributed by atoms with Crippen LogP contribution in [0.5, 0.6) is 0 Å². The summed E-state index contributed by atoms with van der Waals surface area (Å²) in [5.74, 6) is -4.00. The summed E-state index contributed by atoms with van der Waals surface area (Å²) in [5, 5.41) is 13.3. The van der Waals surface area contributed by atoms with Crippen LogP contribution in [-0.2, 0) is 9.59 Å². The van der Waals surface area contributed by atoms with Crippen LogP contribution in [0.4, 0.5) is 14.5 Å². The van der Waals surface area contributed by atoms with Crippen LogP contribution in [0.15, 0.2) is 18.2 Å². The first-order chi connectivity index (χ1) is 9.85. The second-order valence-corrected chi connectivity index (χ2v) is 5.03. The zero-order chi connectivity index (χ0) is 16.0. The molecule has 1 atom stereocenters. The van der Waals surface area contributed by atoms with E-state index in [4.69, 9.17) is 5.11 Å². The van der Waals surface area contributed by atoms with Crippen LogP contribution in [0, 0.1) is 17.6 Å². The summed E-state index contributed by atoms with van der Waals surface area (Å²) >= 11 is 0. The van der Waals surface area contributed by atoms with E-state index in [1.54, 1.807) is 0 Å². The number of rotatable bonds is 5. The van der Waals surface area contributed by atoms with Crippen molar-refractivity contribution in [3.05, 3.63) is 29.8 Å². The Labute approximate surface area is 121 Å². The molecule has 0 aromatic heterocycles. The van der Waals surface area contributed by atoms with E-state index < -0.39 is 35.2 Å². The van der Waals surface area contributed by atoms with E-state index >= 15 is 0 Å². The molecule has 5 nitrogen and oxygen atoms in total. The van der Waals surface area contributed by atoms with Crippen molar-refractivity contribution in [3.63, 3.8) is 0 Å². The number of aliphatic hydroxyl groups is 1. The third-order valence-electron chi connectivity index (χ3n) is 2.72. The number of hydrogen-bond acceptors (Lipinski definition) is 3. The largest absolute Gasteiger partial charge is 0.394 e. The summed E-state index contributed by atoms with van der Waals surface area (Å²) in [6.07, 6.45) is 0.476. The molecule has 0 aliphatic heterocycles. The molecule has 0 aliphatic carbocycles. The van der Waals surface area contributed by atoms with Gasteiger partial charge < -0.3 is 15.7 Å². The van der Waals surface area contributed by atoms with Crippen molar-refractivity contribution in [2.75, 3.05) is 11.9 Å². The molecule has 2 amide bonds. The molecule has 1 aromatic carbocycles. The van der Waals surface area contributed by atoms with Crippen molar-refractivity contribution in [2.24, 2.45) is 5.92 Å². The second-order valence-electron chi connectivity index (χ2n) is 5.03. The smallest absolute Gasteiger partial charge is 0.313 e. The monoisotopic (exact) mass is 300 g/mol. The minimum absolute atomic E-state index is 0.203. The highest BCUT2D eigenvalue weighted by atomic mass is 19.1. The second kappa shape index (κ2) is 7.68. The topological polar surface area (TPSA) is 78.4 Å². The van der Waals surface area contributed by atoms with Crippen molar-refractivity contribution in [1.29, 1.82) is 0 Å². The van der Waals surface area contributed by atoms with Crippen LogP contribution in [-0.4, -0.2) is 29.6 Å². The maximum atomic E-state index is 13.3. The van der Waals surface area contributed by atoms with E-state index in [0.717, 1.165) is 18.2 Å². The van der Waals surface area contributed by atoms with Crippen molar-refractivity contribution in [1.82, 2.24) is 5.32 Å². The number of benzene rings is 1. The van der Waals surface area contributed by atoms with Crippen molar-refractivity contribution in [2.45, 2.75) is 26.3 Å². The van der Waals surface area contributed by atoms with Gasteiger partial charge in [-0.2, -0.15) is 0 Å². The van der Waals surface area contributed by atoms with Crippen LogP contribution in [0.25, 0.3) is 0 Å². The Hall–Kier alpha value is -2.02. The summed E-state index contributed by atoms with van der Waals surface area (Å²) in [5.41, 5.74) is -0.679. The molecule has 0 radical (unpaired) electrons. The lowest BCUT2D eigenvalue weighted by molar-refractivity contribution is -0.136. The molecule has 1 rings (SSSR count). The number of anilines is 1. The lowest BCUT2D eigenvalue weighted by Crippen LogP contribution is -2.44. The first-order valence-electron chi connectivity index (χ1n) is 6.51. The van der Waals surface area contributed by atoms with E-state index in [1.165, 1.54) is 0 Å². The van der Waals surface area contributed by atoms with Gasteiger partial charge in [-0.05, 0) is 24.5 Å². The lowest BCUT2D eigenvalue weighted by atomic mass is 10.0. The molecule has 1 aromatic rings. The Kier molecular flexibility index (Phi) is 6.23. The molecule has 0 heterocycles. The van der Waals surface area contributed by atoms with Crippen molar-refractivity contribution >= 4 is 17.5 Å². The number of para-hydroxylation sites is 1. The molecule has 0 fully saturated rings. The van der Waals surface area contributed by atoms with E-state index in [2.05, 4.69) is 5.32 Å².